The standard InChI is InChI=1S/C21H27FN2O4S/c1-4-28-20-13-7-17(8-14-20)6-5-15-23-21(25)16(2)24(29(3,26)27)19-11-9-18(22)10-12-19/h7-14,16H,4-6,15H2,1-3H3,(H,23,25)/t16-/m0/s1. The van der Waals surface area contributed by atoms with E-state index in [2.05, 4.69) is 5.32 Å². The van der Waals surface area contributed by atoms with Crippen LogP contribution in [0.3, 0.4) is 0 Å². The van der Waals surface area contributed by atoms with Gasteiger partial charge >= 0.3 is 0 Å². The molecule has 2 aromatic rings. The number of halogens is 1. The molecule has 0 fully saturated rings. The van der Waals surface area contributed by atoms with Crippen LogP contribution in [0, 0.1) is 5.82 Å². The van der Waals surface area contributed by atoms with Crippen LogP contribution in [0.15, 0.2) is 48.5 Å². The Kier molecular flexibility index (Phi) is 8.01. The summed E-state index contributed by atoms with van der Waals surface area (Å²) in [4.78, 5) is 12.5. The van der Waals surface area contributed by atoms with E-state index >= 15 is 0 Å². The summed E-state index contributed by atoms with van der Waals surface area (Å²) in [7, 11) is -3.72. The highest BCUT2D eigenvalue weighted by molar-refractivity contribution is 7.92. The SMILES string of the molecule is CCOc1ccc(CCCNC(=O)[C@H](C)N(c2ccc(F)cc2)S(C)(=O)=O)cc1. The van der Waals surface area contributed by atoms with Crippen molar-refractivity contribution in [3.8, 4) is 5.75 Å². The zero-order chi connectivity index (χ0) is 21.4. The van der Waals surface area contributed by atoms with Gasteiger partial charge in [0.15, 0.2) is 0 Å². The second-order valence-corrected chi connectivity index (χ2v) is 8.54. The number of anilines is 1. The number of amides is 1. The van der Waals surface area contributed by atoms with Crippen LogP contribution in [0.4, 0.5) is 10.1 Å². The summed E-state index contributed by atoms with van der Waals surface area (Å²) in [6, 6.07) is 11.8. The summed E-state index contributed by atoms with van der Waals surface area (Å²) in [5.41, 5.74) is 1.37. The van der Waals surface area contributed by atoms with Crippen molar-refractivity contribution < 1.29 is 22.3 Å². The van der Waals surface area contributed by atoms with Crippen LogP contribution in [0.2, 0.25) is 0 Å². The zero-order valence-corrected chi connectivity index (χ0v) is 17.7. The third-order valence-electron chi connectivity index (χ3n) is 4.35. The van der Waals surface area contributed by atoms with Gasteiger partial charge in [0.1, 0.15) is 17.6 Å². The maximum atomic E-state index is 13.2. The van der Waals surface area contributed by atoms with E-state index in [1.165, 1.54) is 19.1 Å². The van der Waals surface area contributed by atoms with Crippen LogP contribution in [-0.2, 0) is 21.2 Å². The lowest BCUT2D eigenvalue weighted by Gasteiger charge is -2.28. The summed E-state index contributed by atoms with van der Waals surface area (Å²) in [5, 5.41) is 2.77. The molecule has 0 radical (unpaired) electrons. The summed E-state index contributed by atoms with van der Waals surface area (Å²) in [6.07, 6.45) is 2.50. The number of nitrogens with zero attached hydrogens (tertiary/aromatic N) is 1. The minimum Gasteiger partial charge on any atom is -0.494 e. The van der Waals surface area contributed by atoms with E-state index in [0.717, 1.165) is 40.4 Å². The molecule has 0 aliphatic heterocycles. The highest BCUT2D eigenvalue weighted by atomic mass is 32.2. The lowest BCUT2D eigenvalue weighted by Crippen LogP contribution is -2.48. The monoisotopic (exact) mass is 422 g/mol. The molecular formula is C21H27FN2O4S. The molecule has 6 nitrogen and oxygen atoms in total. The molecule has 8 heteroatoms. The summed E-state index contributed by atoms with van der Waals surface area (Å²) >= 11 is 0. The van der Waals surface area contributed by atoms with E-state index in [1.807, 2.05) is 31.2 Å². The number of hydrogen-bond acceptors (Lipinski definition) is 4. The fourth-order valence-electron chi connectivity index (χ4n) is 2.97. The third-order valence-corrected chi connectivity index (χ3v) is 5.59. The first kappa shape index (κ1) is 22.7. The molecule has 2 rings (SSSR count). The number of carbonyl (C=O) groups excluding carboxylic acids is 1. The molecule has 158 valence electrons. The number of nitrogens with one attached hydrogen (secondary N) is 1. The van der Waals surface area contributed by atoms with E-state index in [9.17, 15) is 17.6 Å². The van der Waals surface area contributed by atoms with E-state index in [-0.39, 0.29) is 5.69 Å². The topological polar surface area (TPSA) is 75.7 Å². The molecule has 0 spiro atoms. The van der Waals surface area contributed by atoms with Gasteiger partial charge in [0, 0.05) is 6.54 Å². The molecular weight excluding hydrogens is 395 g/mol. The zero-order valence-electron chi connectivity index (χ0n) is 16.9. The third kappa shape index (κ3) is 6.74. The Labute approximate surface area is 171 Å². The Hall–Kier alpha value is -2.61. The quantitative estimate of drug-likeness (QED) is 0.597. The van der Waals surface area contributed by atoms with Gasteiger partial charge in [-0.25, -0.2) is 12.8 Å². The van der Waals surface area contributed by atoms with Gasteiger partial charge in [-0.2, -0.15) is 0 Å². The lowest BCUT2D eigenvalue weighted by atomic mass is 10.1. The maximum Gasteiger partial charge on any atom is 0.243 e. The van der Waals surface area contributed by atoms with Gasteiger partial charge in [0.05, 0.1) is 18.6 Å². The van der Waals surface area contributed by atoms with Crippen LogP contribution in [0.25, 0.3) is 0 Å². The van der Waals surface area contributed by atoms with Gasteiger partial charge in [0.2, 0.25) is 15.9 Å². The molecule has 0 aromatic heterocycles. The molecule has 0 heterocycles. The van der Waals surface area contributed by atoms with Crippen molar-refractivity contribution in [2.24, 2.45) is 0 Å². The Balaban J connectivity index is 1.91. The highest BCUT2D eigenvalue weighted by Gasteiger charge is 2.28. The second-order valence-electron chi connectivity index (χ2n) is 6.68. The Morgan fingerprint density at radius 3 is 2.31 bits per heavy atom. The molecule has 1 amide bonds. The normalized spacial score (nSPS) is 12.3. The van der Waals surface area contributed by atoms with Gasteiger partial charge < -0.3 is 10.1 Å². The fraction of sp³-hybridized carbons (Fsp3) is 0.381. The van der Waals surface area contributed by atoms with Crippen molar-refractivity contribution in [3.05, 3.63) is 59.9 Å². The summed E-state index contributed by atoms with van der Waals surface area (Å²) in [6.45, 7) is 4.47. The molecule has 1 atom stereocenters. The number of benzene rings is 2. The number of ether oxygens (including phenoxy) is 1. The lowest BCUT2D eigenvalue weighted by molar-refractivity contribution is -0.121. The van der Waals surface area contributed by atoms with Gasteiger partial charge in [-0.3, -0.25) is 9.10 Å². The first-order valence-electron chi connectivity index (χ1n) is 9.46. The van der Waals surface area contributed by atoms with Crippen LogP contribution in [0.5, 0.6) is 5.75 Å². The average Bonchev–Trinajstić information content (AvgIpc) is 2.67. The number of sulfonamides is 1. The smallest absolute Gasteiger partial charge is 0.243 e. The van der Waals surface area contributed by atoms with Crippen molar-refractivity contribution in [2.75, 3.05) is 23.7 Å². The maximum absolute atomic E-state index is 13.2. The Bertz CT molecular complexity index is 899. The largest absolute Gasteiger partial charge is 0.494 e. The Morgan fingerprint density at radius 1 is 1.14 bits per heavy atom. The van der Waals surface area contributed by atoms with E-state index in [1.54, 1.807) is 0 Å². The predicted molar refractivity (Wildman–Crippen MR) is 112 cm³/mol. The van der Waals surface area contributed by atoms with Crippen molar-refractivity contribution in [3.63, 3.8) is 0 Å². The molecule has 29 heavy (non-hydrogen) atoms. The van der Waals surface area contributed by atoms with Gasteiger partial charge in [-0.05, 0) is 68.7 Å². The van der Waals surface area contributed by atoms with Crippen molar-refractivity contribution in [1.82, 2.24) is 5.32 Å². The molecule has 0 unspecified atom stereocenters. The minimum absolute atomic E-state index is 0.242. The van der Waals surface area contributed by atoms with Crippen molar-refractivity contribution in [1.29, 1.82) is 0 Å². The van der Waals surface area contributed by atoms with Crippen molar-refractivity contribution in [2.45, 2.75) is 32.7 Å². The van der Waals surface area contributed by atoms with Crippen LogP contribution < -0.4 is 14.4 Å². The molecule has 2 aromatic carbocycles. The summed E-state index contributed by atoms with van der Waals surface area (Å²) < 4.78 is 43.9. The van der Waals surface area contributed by atoms with E-state index in [4.69, 9.17) is 4.74 Å². The fourth-order valence-corrected chi connectivity index (χ4v) is 4.14. The number of hydrogen-bond donors (Lipinski definition) is 1. The van der Waals surface area contributed by atoms with Gasteiger partial charge in [-0.15, -0.1) is 0 Å². The highest BCUT2D eigenvalue weighted by Crippen LogP contribution is 2.21. The van der Waals surface area contributed by atoms with E-state index in [0.29, 0.717) is 19.6 Å². The molecule has 0 saturated carbocycles. The van der Waals surface area contributed by atoms with Crippen LogP contribution in [-0.4, -0.2) is 39.8 Å². The molecule has 0 saturated heterocycles. The number of rotatable bonds is 10. The molecule has 0 aliphatic rings. The molecule has 0 bridgehead atoms. The van der Waals surface area contributed by atoms with Gasteiger partial charge in [0.25, 0.3) is 0 Å². The van der Waals surface area contributed by atoms with Crippen molar-refractivity contribution >= 4 is 21.6 Å². The number of carbonyl (C=O) groups is 1. The van der Waals surface area contributed by atoms with Gasteiger partial charge in [-0.1, -0.05) is 12.1 Å². The molecule has 0 aliphatic carbocycles. The first-order valence-corrected chi connectivity index (χ1v) is 11.3. The van der Waals surface area contributed by atoms with E-state index < -0.39 is 27.8 Å². The predicted octanol–water partition coefficient (Wildman–Crippen LogP) is 3.13. The number of aryl methyl sites for hydroxylation is 1. The van der Waals surface area contributed by atoms with Crippen LogP contribution >= 0.6 is 0 Å². The van der Waals surface area contributed by atoms with Crippen LogP contribution in [0.1, 0.15) is 25.8 Å². The second kappa shape index (κ2) is 10.2. The summed E-state index contributed by atoms with van der Waals surface area (Å²) in [5.74, 6) is -0.0694. The first-order chi connectivity index (χ1) is 13.7. The minimum atomic E-state index is -3.72. The molecule has 1 N–H and O–H groups in total. The average molecular weight is 423 g/mol. The Morgan fingerprint density at radius 2 is 1.76 bits per heavy atom.